The van der Waals surface area contributed by atoms with Crippen LogP contribution in [-0.2, 0) is 17.6 Å². The lowest BCUT2D eigenvalue weighted by Crippen LogP contribution is -2.29. The summed E-state index contributed by atoms with van der Waals surface area (Å²) in [7, 11) is 1.79. The number of aryl methyl sites for hydroxylation is 2. The highest BCUT2D eigenvalue weighted by molar-refractivity contribution is 5.80. The van der Waals surface area contributed by atoms with Crippen molar-refractivity contribution in [1.82, 2.24) is 14.9 Å². The zero-order chi connectivity index (χ0) is 18.5. The Kier molecular flexibility index (Phi) is 5.46. The number of likely N-dealkylation sites (N-methyl/N-ethyl adjacent to an activating group) is 1. The Morgan fingerprint density at radius 1 is 1.15 bits per heavy atom. The van der Waals surface area contributed by atoms with Crippen molar-refractivity contribution in [3.8, 4) is 0 Å². The molecule has 1 N–H and O–H groups in total. The molecule has 0 saturated heterocycles. The summed E-state index contributed by atoms with van der Waals surface area (Å²) in [6, 6.07) is 13.6. The van der Waals surface area contributed by atoms with E-state index in [4.69, 9.17) is 0 Å². The molecule has 26 heavy (non-hydrogen) atoms. The lowest BCUT2D eigenvalue weighted by molar-refractivity contribution is -0.129. The summed E-state index contributed by atoms with van der Waals surface area (Å²) in [6.45, 7) is 2.63. The first-order valence-electron chi connectivity index (χ1n) is 8.79. The molecule has 134 valence electrons. The van der Waals surface area contributed by atoms with Gasteiger partial charge in [-0.1, -0.05) is 17.7 Å². The van der Waals surface area contributed by atoms with Crippen molar-refractivity contribution in [1.29, 1.82) is 0 Å². The fraction of sp³-hybridized carbons (Fsp3) is 0.286. The van der Waals surface area contributed by atoms with Crippen LogP contribution in [0.1, 0.15) is 23.2 Å². The van der Waals surface area contributed by atoms with Crippen molar-refractivity contribution in [3.63, 3.8) is 0 Å². The third kappa shape index (κ3) is 4.36. The van der Waals surface area contributed by atoms with Gasteiger partial charge in [-0.05, 0) is 49.1 Å². The van der Waals surface area contributed by atoms with Gasteiger partial charge in [-0.3, -0.25) is 14.6 Å². The van der Waals surface area contributed by atoms with E-state index in [1.165, 1.54) is 0 Å². The molecular weight excluding hydrogens is 326 g/mol. The van der Waals surface area contributed by atoms with E-state index in [-0.39, 0.29) is 11.5 Å². The average molecular weight is 349 g/mol. The Labute approximate surface area is 152 Å². The number of aromatic nitrogens is 2. The molecule has 3 aromatic rings. The molecule has 5 nitrogen and oxygen atoms in total. The largest absolute Gasteiger partial charge is 0.345 e. The maximum absolute atomic E-state index is 12.4. The third-order valence-corrected chi connectivity index (χ3v) is 4.54. The second kappa shape index (κ2) is 7.95. The number of nitrogens with zero attached hydrogens (tertiary/aromatic N) is 2. The monoisotopic (exact) mass is 349 g/mol. The molecule has 2 aromatic heterocycles. The van der Waals surface area contributed by atoms with Gasteiger partial charge >= 0.3 is 0 Å². The number of H-pyrrole nitrogens is 1. The molecule has 0 spiro atoms. The van der Waals surface area contributed by atoms with Crippen molar-refractivity contribution in [2.45, 2.75) is 26.2 Å². The van der Waals surface area contributed by atoms with Gasteiger partial charge < -0.3 is 9.88 Å². The summed E-state index contributed by atoms with van der Waals surface area (Å²) in [6.07, 6.45) is 3.23. The highest BCUT2D eigenvalue weighted by atomic mass is 16.2. The molecule has 0 aliphatic rings. The Morgan fingerprint density at radius 3 is 2.77 bits per heavy atom. The fourth-order valence-corrected chi connectivity index (χ4v) is 2.94. The summed E-state index contributed by atoms with van der Waals surface area (Å²) in [5, 5.41) is 0.996. The predicted octanol–water partition coefficient (Wildman–Crippen LogP) is 2.87. The van der Waals surface area contributed by atoms with Crippen LogP contribution in [0.3, 0.4) is 0 Å². The minimum absolute atomic E-state index is 0.0321. The minimum atomic E-state index is -0.120. The van der Waals surface area contributed by atoms with Gasteiger partial charge in [0.05, 0.1) is 0 Å². The van der Waals surface area contributed by atoms with E-state index in [1.54, 1.807) is 18.1 Å². The molecule has 5 heteroatoms. The lowest BCUT2D eigenvalue weighted by atomic mass is 10.1. The molecule has 3 rings (SSSR count). The van der Waals surface area contributed by atoms with Crippen molar-refractivity contribution in [3.05, 3.63) is 75.8 Å². The number of carbonyl (C=O) groups excluding carboxylic acids is 1. The number of carbonyl (C=O) groups is 1. The van der Waals surface area contributed by atoms with Crippen molar-refractivity contribution in [2.24, 2.45) is 0 Å². The molecule has 0 aliphatic carbocycles. The SMILES string of the molecule is Cc1ccc2[nH]c(=O)c(CCC(=O)N(C)CCc3ccccn3)cc2c1. The van der Waals surface area contributed by atoms with Crippen LogP contribution in [0.5, 0.6) is 0 Å². The molecule has 0 atom stereocenters. The van der Waals surface area contributed by atoms with E-state index in [0.29, 0.717) is 24.9 Å². The molecule has 1 amide bonds. The van der Waals surface area contributed by atoms with Crippen molar-refractivity contribution in [2.75, 3.05) is 13.6 Å². The smallest absolute Gasteiger partial charge is 0.251 e. The van der Waals surface area contributed by atoms with E-state index < -0.39 is 0 Å². The summed E-state index contributed by atoms with van der Waals surface area (Å²) in [4.78, 5) is 33.4. The summed E-state index contributed by atoms with van der Waals surface area (Å²) in [5.41, 5.74) is 3.46. The average Bonchev–Trinajstić information content (AvgIpc) is 2.65. The first-order chi connectivity index (χ1) is 12.5. The van der Waals surface area contributed by atoms with Crippen LogP contribution in [0.4, 0.5) is 0 Å². The number of nitrogens with one attached hydrogen (secondary N) is 1. The highest BCUT2D eigenvalue weighted by Crippen LogP contribution is 2.14. The summed E-state index contributed by atoms with van der Waals surface area (Å²) >= 11 is 0. The van der Waals surface area contributed by atoms with Gasteiger partial charge in [0.2, 0.25) is 5.91 Å². The van der Waals surface area contributed by atoms with Gasteiger partial charge in [0.1, 0.15) is 0 Å². The number of amides is 1. The van der Waals surface area contributed by atoms with Gasteiger partial charge in [0.15, 0.2) is 0 Å². The standard InChI is InChI=1S/C21H23N3O2/c1-15-6-8-19-17(13-15)14-16(21(26)23-19)7-9-20(25)24(2)12-10-18-5-3-4-11-22-18/h3-6,8,11,13-14H,7,9-10,12H2,1-2H3,(H,23,26). The van der Waals surface area contributed by atoms with Gasteiger partial charge in [-0.25, -0.2) is 0 Å². The second-order valence-corrected chi connectivity index (χ2v) is 6.60. The molecule has 0 unspecified atom stereocenters. The van der Waals surface area contributed by atoms with Gasteiger partial charge in [-0.2, -0.15) is 0 Å². The van der Waals surface area contributed by atoms with Crippen LogP contribution in [0, 0.1) is 6.92 Å². The zero-order valence-electron chi connectivity index (χ0n) is 15.2. The van der Waals surface area contributed by atoms with Crippen molar-refractivity contribution >= 4 is 16.8 Å². The first-order valence-corrected chi connectivity index (χ1v) is 8.79. The van der Waals surface area contributed by atoms with E-state index in [1.807, 2.05) is 49.4 Å². The first kappa shape index (κ1) is 17.9. The Balaban J connectivity index is 1.61. The normalized spacial score (nSPS) is 10.8. The summed E-state index contributed by atoms with van der Waals surface area (Å²) in [5.74, 6) is 0.0321. The highest BCUT2D eigenvalue weighted by Gasteiger charge is 2.11. The van der Waals surface area contributed by atoms with Crippen molar-refractivity contribution < 1.29 is 4.79 Å². The van der Waals surface area contributed by atoms with Gasteiger partial charge in [-0.15, -0.1) is 0 Å². The van der Waals surface area contributed by atoms with Gasteiger partial charge in [0.25, 0.3) is 5.56 Å². The van der Waals surface area contributed by atoms with Crippen LogP contribution in [-0.4, -0.2) is 34.4 Å². The number of benzene rings is 1. The molecule has 1 aromatic carbocycles. The molecule has 0 radical (unpaired) electrons. The molecule has 0 aliphatic heterocycles. The maximum Gasteiger partial charge on any atom is 0.251 e. The van der Waals surface area contributed by atoms with E-state index in [0.717, 1.165) is 28.6 Å². The topological polar surface area (TPSA) is 66.1 Å². The minimum Gasteiger partial charge on any atom is -0.345 e. The van der Waals surface area contributed by atoms with E-state index in [9.17, 15) is 9.59 Å². The van der Waals surface area contributed by atoms with E-state index in [2.05, 4.69) is 9.97 Å². The molecule has 0 fully saturated rings. The zero-order valence-corrected chi connectivity index (χ0v) is 15.2. The molecular formula is C21H23N3O2. The Hall–Kier alpha value is -2.95. The van der Waals surface area contributed by atoms with Crippen LogP contribution in [0.25, 0.3) is 10.9 Å². The third-order valence-electron chi connectivity index (χ3n) is 4.54. The van der Waals surface area contributed by atoms with Crippen LogP contribution < -0.4 is 5.56 Å². The number of fused-ring (bicyclic) bond motifs is 1. The number of hydrogen-bond donors (Lipinski definition) is 1. The Bertz CT molecular complexity index is 964. The predicted molar refractivity (Wildman–Crippen MR) is 103 cm³/mol. The molecule has 0 saturated carbocycles. The molecule has 2 heterocycles. The molecule has 0 bridgehead atoms. The van der Waals surface area contributed by atoms with E-state index >= 15 is 0 Å². The number of pyridine rings is 2. The summed E-state index contributed by atoms with van der Waals surface area (Å²) < 4.78 is 0. The van der Waals surface area contributed by atoms with Crippen LogP contribution in [0.15, 0.2) is 53.5 Å². The quantitative estimate of drug-likeness (QED) is 0.744. The van der Waals surface area contributed by atoms with Crippen LogP contribution >= 0.6 is 0 Å². The number of hydrogen-bond acceptors (Lipinski definition) is 3. The fourth-order valence-electron chi connectivity index (χ4n) is 2.94. The number of rotatable bonds is 6. The Morgan fingerprint density at radius 2 is 2.00 bits per heavy atom. The second-order valence-electron chi connectivity index (χ2n) is 6.60. The van der Waals surface area contributed by atoms with Crippen LogP contribution in [0.2, 0.25) is 0 Å². The maximum atomic E-state index is 12.4. The number of aromatic amines is 1. The lowest BCUT2D eigenvalue weighted by Gasteiger charge is -2.16. The van der Waals surface area contributed by atoms with Gasteiger partial charge in [0, 0.05) is 49.4 Å².